The number of benzene rings is 2. The number of piperazine rings is 1. The molecule has 7 nitrogen and oxygen atoms in total. The van der Waals surface area contributed by atoms with E-state index in [0.717, 1.165) is 17.6 Å². The Kier molecular flexibility index (Phi) is 7.18. The molecule has 1 atom stereocenters. The number of amides is 1. The summed E-state index contributed by atoms with van der Waals surface area (Å²) in [6.45, 7) is 4.07. The molecule has 0 radical (unpaired) electrons. The summed E-state index contributed by atoms with van der Waals surface area (Å²) in [7, 11) is -1.85. The van der Waals surface area contributed by atoms with E-state index in [9.17, 15) is 17.6 Å². The highest BCUT2D eigenvalue weighted by Crippen LogP contribution is 2.29. The number of pyridine rings is 1. The fourth-order valence-corrected chi connectivity index (χ4v) is 4.73. The Bertz CT molecular complexity index is 1300. The van der Waals surface area contributed by atoms with Gasteiger partial charge in [-0.3, -0.25) is 4.79 Å². The van der Waals surface area contributed by atoms with Crippen LogP contribution in [0, 0.1) is 5.82 Å². The van der Waals surface area contributed by atoms with Crippen LogP contribution in [0.25, 0.3) is 11.1 Å². The summed E-state index contributed by atoms with van der Waals surface area (Å²) in [6, 6.07) is 14.2. The Morgan fingerprint density at radius 3 is 2.29 bits per heavy atom. The molecule has 1 aliphatic rings. The minimum absolute atomic E-state index is 0.0379. The van der Waals surface area contributed by atoms with E-state index in [-0.39, 0.29) is 28.3 Å². The number of hydrogen-bond acceptors (Lipinski definition) is 6. The lowest BCUT2D eigenvalue weighted by molar-refractivity contribution is 0.0747. The Hall–Kier alpha value is -3.30. The second kappa shape index (κ2) is 10.1. The van der Waals surface area contributed by atoms with Gasteiger partial charge in [-0.1, -0.05) is 24.3 Å². The van der Waals surface area contributed by atoms with Crippen LogP contribution in [-0.2, 0) is 14.6 Å². The fraction of sp³-hybridized carbons (Fsp3) is 0.308. The predicted octanol–water partition coefficient (Wildman–Crippen LogP) is 3.96. The van der Waals surface area contributed by atoms with Crippen molar-refractivity contribution in [3.63, 3.8) is 0 Å². The Balaban J connectivity index is 1.56. The third-order valence-corrected chi connectivity index (χ3v) is 7.40. The molecule has 1 aliphatic heterocycles. The molecule has 0 aliphatic carbocycles. The number of carbonyl (C=O) groups is 1. The molecular formula is C26H28FN3O4S. The van der Waals surface area contributed by atoms with Gasteiger partial charge in [-0.15, -0.1) is 0 Å². The third-order valence-electron chi connectivity index (χ3n) is 6.29. The molecular weight excluding hydrogens is 469 g/mol. The van der Waals surface area contributed by atoms with Crippen LogP contribution in [-0.4, -0.2) is 63.8 Å². The fourth-order valence-electron chi connectivity index (χ4n) is 4.08. The van der Waals surface area contributed by atoms with Crippen molar-refractivity contribution >= 4 is 21.6 Å². The molecule has 1 saturated heterocycles. The molecule has 3 aromatic rings. The number of nitrogens with zero attached hydrogens (tertiary/aromatic N) is 3. The molecule has 0 bridgehead atoms. The van der Waals surface area contributed by atoms with E-state index in [1.165, 1.54) is 24.3 Å². The van der Waals surface area contributed by atoms with Gasteiger partial charge >= 0.3 is 0 Å². The number of hydrogen-bond donors (Lipinski definition) is 0. The van der Waals surface area contributed by atoms with Gasteiger partial charge in [0.1, 0.15) is 11.6 Å². The van der Waals surface area contributed by atoms with Gasteiger partial charge in [0.05, 0.1) is 11.0 Å². The minimum Gasteiger partial charge on any atom is -0.377 e. The van der Waals surface area contributed by atoms with Crippen LogP contribution in [0.3, 0.4) is 0 Å². The molecule has 184 valence electrons. The summed E-state index contributed by atoms with van der Waals surface area (Å²) in [5, 5.41) is 0. The van der Waals surface area contributed by atoms with Gasteiger partial charge in [0.25, 0.3) is 5.91 Å². The number of aromatic nitrogens is 1. The number of halogens is 1. The summed E-state index contributed by atoms with van der Waals surface area (Å²) < 4.78 is 43.1. The average molecular weight is 498 g/mol. The number of ether oxygens (including phenoxy) is 1. The van der Waals surface area contributed by atoms with E-state index in [1.54, 1.807) is 36.4 Å². The van der Waals surface area contributed by atoms with Gasteiger partial charge in [-0.25, -0.2) is 17.8 Å². The van der Waals surface area contributed by atoms with Crippen LogP contribution >= 0.6 is 0 Å². The summed E-state index contributed by atoms with van der Waals surface area (Å²) in [6.07, 6.45) is 2.87. The van der Waals surface area contributed by atoms with Gasteiger partial charge in [0.15, 0.2) is 9.84 Å². The summed E-state index contributed by atoms with van der Waals surface area (Å²) in [5.74, 6) is 0.186. The van der Waals surface area contributed by atoms with Gasteiger partial charge in [-0.05, 0) is 53.9 Å². The van der Waals surface area contributed by atoms with Crippen LogP contribution in [0.2, 0.25) is 0 Å². The van der Waals surface area contributed by atoms with E-state index in [0.29, 0.717) is 37.3 Å². The molecule has 0 saturated carbocycles. The van der Waals surface area contributed by atoms with E-state index >= 15 is 0 Å². The van der Waals surface area contributed by atoms with E-state index in [2.05, 4.69) is 9.88 Å². The SMILES string of the molecule is COC(C)c1ccc(N2CCN(C(=O)c3cc(S(C)(=O)=O)ccc3-c3ccc(F)cc3)CC2)nc1. The number of carbonyl (C=O) groups excluding carboxylic acids is 1. The average Bonchev–Trinajstić information content (AvgIpc) is 2.87. The lowest BCUT2D eigenvalue weighted by Crippen LogP contribution is -2.49. The molecule has 0 spiro atoms. The second-order valence-electron chi connectivity index (χ2n) is 8.59. The number of rotatable bonds is 6. The van der Waals surface area contributed by atoms with Crippen LogP contribution < -0.4 is 4.90 Å². The lowest BCUT2D eigenvalue weighted by atomic mass is 9.98. The number of methoxy groups -OCH3 is 1. The molecule has 2 aromatic carbocycles. The van der Waals surface area contributed by atoms with Crippen LogP contribution in [0.1, 0.15) is 28.9 Å². The second-order valence-corrected chi connectivity index (χ2v) is 10.6. The van der Waals surface area contributed by atoms with Crippen molar-refractivity contribution in [1.82, 2.24) is 9.88 Å². The van der Waals surface area contributed by atoms with Crippen LogP contribution in [0.5, 0.6) is 0 Å². The summed E-state index contributed by atoms with van der Waals surface area (Å²) in [5.41, 5.74) is 2.48. The van der Waals surface area contributed by atoms with Gasteiger partial charge in [0.2, 0.25) is 0 Å². The van der Waals surface area contributed by atoms with Crippen LogP contribution in [0.15, 0.2) is 65.7 Å². The minimum atomic E-state index is -3.51. The van der Waals surface area contributed by atoms with Crippen LogP contribution in [0.4, 0.5) is 10.2 Å². The van der Waals surface area contributed by atoms with Crippen molar-refractivity contribution in [2.24, 2.45) is 0 Å². The normalized spacial score (nSPS) is 15.2. The maximum atomic E-state index is 13.5. The molecule has 2 heterocycles. The maximum absolute atomic E-state index is 13.5. The first kappa shape index (κ1) is 24.8. The highest BCUT2D eigenvalue weighted by molar-refractivity contribution is 7.90. The van der Waals surface area contributed by atoms with Crippen molar-refractivity contribution in [2.75, 3.05) is 44.4 Å². The zero-order valence-electron chi connectivity index (χ0n) is 19.9. The van der Waals surface area contributed by atoms with Gasteiger partial charge < -0.3 is 14.5 Å². The first-order valence-electron chi connectivity index (χ1n) is 11.3. The predicted molar refractivity (Wildman–Crippen MR) is 133 cm³/mol. The maximum Gasteiger partial charge on any atom is 0.254 e. The van der Waals surface area contributed by atoms with Crippen molar-refractivity contribution in [3.8, 4) is 11.1 Å². The lowest BCUT2D eigenvalue weighted by Gasteiger charge is -2.36. The van der Waals surface area contributed by atoms with Crippen molar-refractivity contribution in [2.45, 2.75) is 17.9 Å². The molecule has 1 fully saturated rings. The number of sulfone groups is 1. The monoisotopic (exact) mass is 497 g/mol. The molecule has 1 amide bonds. The molecule has 35 heavy (non-hydrogen) atoms. The molecule has 4 rings (SSSR count). The van der Waals surface area contributed by atoms with Crippen molar-refractivity contribution in [1.29, 1.82) is 0 Å². The summed E-state index contributed by atoms with van der Waals surface area (Å²) in [4.78, 5) is 22.0. The Morgan fingerprint density at radius 2 is 1.71 bits per heavy atom. The molecule has 1 unspecified atom stereocenters. The zero-order chi connectivity index (χ0) is 25.2. The molecule has 9 heteroatoms. The molecule has 1 aromatic heterocycles. The standard InChI is InChI=1S/C26H28FN3O4S/c1-18(34-2)20-6-11-25(28-17-20)29-12-14-30(15-13-29)26(31)24-16-22(35(3,32)33)9-10-23(24)19-4-7-21(27)8-5-19/h4-11,16-18H,12-15H2,1-3H3. The van der Waals surface area contributed by atoms with Gasteiger partial charge in [-0.2, -0.15) is 0 Å². The van der Waals surface area contributed by atoms with Crippen molar-refractivity contribution in [3.05, 3.63) is 77.7 Å². The zero-order valence-corrected chi connectivity index (χ0v) is 20.8. The van der Waals surface area contributed by atoms with E-state index in [4.69, 9.17) is 4.74 Å². The summed E-state index contributed by atoms with van der Waals surface area (Å²) >= 11 is 0. The quantitative estimate of drug-likeness (QED) is 0.513. The number of anilines is 1. The Morgan fingerprint density at radius 1 is 1.03 bits per heavy atom. The smallest absolute Gasteiger partial charge is 0.254 e. The van der Waals surface area contributed by atoms with E-state index < -0.39 is 9.84 Å². The highest BCUT2D eigenvalue weighted by Gasteiger charge is 2.26. The third kappa shape index (κ3) is 5.52. The topological polar surface area (TPSA) is 79.8 Å². The van der Waals surface area contributed by atoms with Crippen molar-refractivity contribution < 1.29 is 22.3 Å². The first-order valence-corrected chi connectivity index (χ1v) is 13.2. The first-order chi connectivity index (χ1) is 16.7. The van der Waals surface area contributed by atoms with Gasteiger partial charge in [0, 0.05) is 51.3 Å². The molecule has 0 N–H and O–H groups in total. The largest absolute Gasteiger partial charge is 0.377 e. The highest BCUT2D eigenvalue weighted by atomic mass is 32.2. The van der Waals surface area contributed by atoms with E-state index in [1.807, 2.05) is 19.1 Å². The Labute approximate surface area is 205 Å².